The number of benzene rings is 1. The number of carbonyl (C=O) groups excluding carboxylic acids is 1. The van der Waals surface area contributed by atoms with E-state index in [0.29, 0.717) is 23.3 Å². The second-order valence-electron chi connectivity index (χ2n) is 7.21. The third-order valence-electron chi connectivity index (χ3n) is 4.47. The molecule has 3 aromatic rings. The fourth-order valence-electron chi connectivity index (χ4n) is 2.95. The summed E-state index contributed by atoms with van der Waals surface area (Å²) < 4.78 is 63.9. The van der Waals surface area contributed by atoms with Gasteiger partial charge in [-0.2, -0.15) is 13.2 Å². The summed E-state index contributed by atoms with van der Waals surface area (Å²) in [6.07, 6.45) is -1.44. The van der Waals surface area contributed by atoms with Gasteiger partial charge in [-0.3, -0.25) is 4.79 Å². The van der Waals surface area contributed by atoms with E-state index < -0.39 is 21.6 Å². The number of alkyl halides is 3. The first kappa shape index (κ1) is 24.1. The lowest BCUT2D eigenvalue weighted by Gasteiger charge is -2.14. The number of pyridine rings is 1. The molecule has 174 valence electrons. The van der Waals surface area contributed by atoms with Gasteiger partial charge in [-0.1, -0.05) is 12.1 Å². The Hall–Kier alpha value is -3.54. The largest absolute Gasteiger partial charge is 0.419 e. The number of halogens is 3. The summed E-state index contributed by atoms with van der Waals surface area (Å²) in [5.74, 6) is -0.0311. The van der Waals surface area contributed by atoms with Gasteiger partial charge in [0.1, 0.15) is 5.82 Å². The molecule has 0 aliphatic carbocycles. The number of nitrogens with one attached hydrogen (secondary N) is 2. The van der Waals surface area contributed by atoms with Gasteiger partial charge in [0.25, 0.3) is 0 Å². The monoisotopic (exact) mass is 479 g/mol. The number of aryl methyl sites for hydroxylation is 2. The first-order valence-corrected chi connectivity index (χ1v) is 11.5. The number of sulfone groups is 1. The summed E-state index contributed by atoms with van der Waals surface area (Å²) in [5.41, 5.74) is -0.216. The highest BCUT2D eigenvalue weighted by atomic mass is 32.2. The van der Waals surface area contributed by atoms with Gasteiger partial charge in [-0.25, -0.2) is 23.4 Å². The topological polar surface area (TPSA) is 114 Å². The van der Waals surface area contributed by atoms with E-state index in [1.807, 2.05) is 0 Å². The summed E-state index contributed by atoms with van der Waals surface area (Å²) in [6.45, 7) is 1.34. The van der Waals surface area contributed by atoms with E-state index in [-0.39, 0.29) is 35.3 Å². The average molecular weight is 479 g/mol. The SMILES string of the molecule is CC(=O)Nc1ccc(Nc2ncc(C(F)(F)F)c(CCc3cccc(S(C)(=O)=O)c3)n2)cn1. The number of rotatable bonds is 7. The van der Waals surface area contributed by atoms with Crippen LogP contribution in [0.4, 0.5) is 30.6 Å². The number of nitrogens with zero attached hydrogens (tertiary/aromatic N) is 3. The first-order valence-electron chi connectivity index (χ1n) is 9.64. The molecule has 1 amide bonds. The molecule has 2 aromatic heterocycles. The highest BCUT2D eigenvalue weighted by Crippen LogP contribution is 2.32. The lowest BCUT2D eigenvalue weighted by Crippen LogP contribution is -2.14. The van der Waals surface area contributed by atoms with Gasteiger partial charge < -0.3 is 10.6 Å². The predicted octanol–water partition coefficient (Wildman–Crippen LogP) is 3.78. The van der Waals surface area contributed by atoms with Crippen molar-refractivity contribution in [1.82, 2.24) is 15.0 Å². The Morgan fingerprint density at radius 2 is 1.82 bits per heavy atom. The van der Waals surface area contributed by atoms with Crippen LogP contribution >= 0.6 is 0 Å². The molecular formula is C21H20F3N5O3S. The zero-order valence-electron chi connectivity index (χ0n) is 17.6. The van der Waals surface area contributed by atoms with Crippen LogP contribution in [0.2, 0.25) is 0 Å². The van der Waals surface area contributed by atoms with Crippen molar-refractivity contribution in [3.63, 3.8) is 0 Å². The molecule has 0 saturated heterocycles. The molecule has 33 heavy (non-hydrogen) atoms. The molecular weight excluding hydrogens is 459 g/mol. The minimum Gasteiger partial charge on any atom is -0.323 e. The van der Waals surface area contributed by atoms with Crippen molar-refractivity contribution in [2.45, 2.75) is 30.8 Å². The van der Waals surface area contributed by atoms with Crippen molar-refractivity contribution in [2.75, 3.05) is 16.9 Å². The molecule has 0 fully saturated rings. The molecule has 0 aliphatic rings. The van der Waals surface area contributed by atoms with Gasteiger partial charge in [-0.15, -0.1) is 0 Å². The van der Waals surface area contributed by atoms with Crippen molar-refractivity contribution < 1.29 is 26.4 Å². The Balaban J connectivity index is 1.83. The Morgan fingerprint density at radius 1 is 1.06 bits per heavy atom. The van der Waals surface area contributed by atoms with Crippen LogP contribution in [0.25, 0.3) is 0 Å². The van der Waals surface area contributed by atoms with E-state index in [2.05, 4.69) is 25.6 Å². The number of hydrogen-bond acceptors (Lipinski definition) is 7. The highest BCUT2D eigenvalue weighted by Gasteiger charge is 2.34. The number of anilines is 3. The molecule has 0 radical (unpaired) electrons. The molecule has 0 saturated carbocycles. The third kappa shape index (κ3) is 6.72. The molecule has 0 aliphatic heterocycles. The van der Waals surface area contributed by atoms with Crippen LogP contribution in [0.3, 0.4) is 0 Å². The molecule has 12 heteroatoms. The van der Waals surface area contributed by atoms with Gasteiger partial charge in [0.15, 0.2) is 9.84 Å². The van der Waals surface area contributed by atoms with E-state index in [1.165, 1.54) is 31.3 Å². The standard InChI is InChI=1S/C21H20F3N5O3S/c1-13(30)27-19-9-7-15(11-25-19)28-20-26-12-17(21(22,23)24)18(29-20)8-6-14-4-3-5-16(10-14)33(2,31)32/h3-5,7,9-12H,6,8H2,1-2H3,(H,25,27,30)(H,26,28,29). The van der Waals surface area contributed by atoms with E-state index in [9.17, 15) is 26.4 Å². The van der Waals surface area contributed by atoms with Crippen LogP contribution in [0.5, 0.6) is 0 Å². The van der Waals surface area contributed by atoms with Crippen LogP contribution in [-0.4, -0.2) is 35.5 Å². The minimum absolute atomic E-state index is 0.0584. The van der Waals surface area contributed by atoms with E-state index >= 15 is 0 Å². The molecule has 3 rings (SSSR count). The van der Waals surface area contributed by atoms with E-state index in [1.54, 1.807) is 18.2 Å². The lowest BCUT2D eigenvalue weighted by atomic mass is 10.1. The maximum Gasteiger partial charge on any atom is 0.419 e. The van der Waals surface area contributed by atoms with Gasteiger partial charge in [0, 0.05) is 19.4 Å². The zero-order chi connectivity index (χ0) is 24.2. The molecule has 1 aromatic carbocycles. The molecule has 0 atom stereocenters. The predicted molar refractivity (Wildman–Crippen MR) is 116 cm³/mol. The summed E-state index contributed by atoms with van der Waals surface area (Å²) in [7, 11) is -3.44. The smallest absolute Gasteiger partial charge is 0.323 e. The van der Waals surface area contributed by atoms with Gasteiger partial charge in [-0.05, 0) is 42.7 Å². The quantitative estimate of drug-likeness (QED) is 0.530. The molecule has 2 heterocycles. The van der Waals surface area contributed by atoms with Gasteiger partial charge in [0.2, 0.25) is 11.9 Å². The minimum atomic E-state index is -4.65. The number of aromatic nitrogens is 3. The van der Waals surface area contributed by atoms with Crippen molar-refractivity contribution >= 4 is 33.2 Å². The maximum atomic E-state index is 13.5. The highest BCUT2D eigenvalue weighted by molar-refractivity contribution is 7.90. The van der Waals surface area contributed by atoms with Gasteiger partial charge >= 0.3 is 6.18 Å². The second kappa shape index (κ2) is 9.53. The van der Waals surface area contributed by atoms with Crippen LogP contribution in [0.15, 0.2) is 53.7 Å². The summed E-state index contributed by atoms with van der Waals surface area (Å²) in [4.78, 5) is 23.0. The Labute approximate surface area is 188 Å². The fraction of sp³-hybridized carbons (Fsp3) is 0.238. The first-order chi connectivity index (χ1) is 15.4. The average Bonchev–Trinajstić information content (AvgIpc) is 2.72. The van der Waals surface area contributed by atoms with Crippen LogP contribution in [0.1, 0.15) is 23.7 Å². The summed E-state index contributed by atoms with van der Waals surface area (Å²) in [6, 6.07) is 9.13. The normalized spacial score (nSPS) is 11.8. The summed E-state index contributed by atoms with van der Waals surface area (Å²) >= 11 is 0. The number of hydrogen-bond donors (Lipinski definition) is 2. The van der Waals surface area contributed by atoms with Crippen molar-refractivity contribution in [3.8, 4) is 0 Å². The van der Waals surface area contributed by atoms with Crippen molar-refractivity contribution in [2.24, 2.45) is 0 Å². The molecule has 2 N–H and O–H groups in total. The van der Waals surface area contributed by atoms with Crippen molar-refractivity contribution in [1.29, 1.82) is 0 Å². The van der Waals surface area contributed by atoms with Crippen LogP contribution < -0.4 is 10.6 Å². The van der Waals surface area contributed by atoms with Crippen molar-refractivity contribution in [3.05, 3.63) is 65.6 Å². The number of carbonyl (C=O) groups is 1. The Bertz CT molecular complexity index is 1260. The Kier molecular flexibility index (Phi) is 6.96. The third-order valence-corrected chi connectivity index (χ3v) is 5.58. The van der Waals surface area contributed by atoms with Crippen LogP contribution in [0, 0.1) is 0 Å². The molecule has 0 unspecified atom stereocenters. The molecule has 0 spiro atoms. The zero-order valence-corrected chi connectivity index (χ0v) is 18.5. The number of amides is 1. The van der Waals surface area contributed by atoms with Gasteiger partial charge in [0.05, 0.1) is 28.0 Å². The lowest BCUT2D eigenvalue weighted by molar-refractivity contribution is -0.138. The maximum absolute atomic E-state index is 13.5. The van der Waals surface area contributed by atoms with E-state index in [0.717, 1.165) is 6.26 Å². The second-order valence-corrected chi connectivity index (χ2v) is 9.23. The van der Waals surface area contributed by atoms with Crippen LogP contribution in [-0.2, 0) is 33.6 Å². The fourth-order valence-corrected chi connectivity index (χ4v) is 3.64. The molecule has 0 bridgehead atoms. The Morgan fingerprint density at radius 3 is 2.42 bits per heavy atom. The summed E-state index contributed by atoms with van der Waals surface area (Å²) in [5, 5.41) is 5.29. The van der Waals surface area contributed by atoms with E-state index in [4.69, 9.17) is 0 Å². The molecule has 8 nitrogen and oxygen atoms in total.